The van der Waals surface area contributed by atoms with Crippen molar-refractivity contribution in [1.82, 2.24) is 4.31 Å². The van der Waals surface area contributed by atoms with Crippen LogP contribution in [-0.4, -0.2) is 44.9 Å². The van der Waals surface area contributed by atoms with Crippen molar-refractivity contribution in [2.75, 3.05) is 31.6 Å². The first-order valence-corrected chi connectivity index (χ1v) is 11.5. The highest BCUT2D eigenvalue weighted by Crippen LogP contribution is 2.29. The van der Waals surface area contributed by atoms with Crippen LogP contribution in [0.5, 0.6) is 0 Å². The molecule has 1 N–H and O–H groups in total. The predicted molar refractivity (Wildman–Crippen MR) is 114 cm³/mol. The summed E-state index contributed by atoms with van der Waals surface area (Å²) in [6.45, 7) is 1.34. The van der Waals surface area contributed by atoms with Crippen molar-refractivity contribution < 1.29 is 22.3 Å². The van der Waals surface area contributed by atoms with E-state index in [0.717, 1.165) is 10.4 Å². The first kappa shape index (κ1) is 20.7. The number of halogens is 1. The number of thiophene rings is 1. The average molecular weight is 447 g/mol. The predicted octanol–water partition coefficient (Wildman–Crippen LogP) is 3.83. The Balaban J connectivity index is 1.50. The standard InChI is InChI=1S/C21H19FN2O4S2/c22-16-6-4-15(5-7-16)19-8-9-20(29-19)21(25)23-17-2-1-3-18(14-17)30(26,27)24-10-12-28-13-11-24/h1-9,14H,10-13H2,(H,23,25). The van der Waals surface area contributed by atoms with Gasteiger partial charge in [0.05, 0.1) is 23.0 Å². The van der Waals surface area contributed by atoms with E-state index in [1.807, 2.05) is 0 Å². The second-order valence-corrected chi connectivity index (χ2v) is 9.69. The molecule has 0 aliphatic carbocycles. The first-order valence-electron chi connectivity index (χ1n) is 9.28. The second kappa shape index (κ2) is 8.65. The van der Waals surface area contributed by atoms with E-state index >= 15 is 0 Å². The maximum absolute atomic E-state index is 13.1. The van der Waals surface area contributed by atoms with Crippen LogP contribution in [0.25, 0.3) is 10.4 Å². The molecule has 1 aliphatic rings. The number of carbonyl (C=O) groups excluding carboxylic acids is 1. The van der Waals surface area contributed by atoms with Gasteiger partial charge in [0.2, 0.25) is 10.0 Å². The van der Waals surface area contributed by atoms with Gasteiger partial charge in [-0.15, -0.1) is 11.3 Å². The molecule has 2 heterocycles. The maximum Gasteiger partial charge on any atom is 0.265 e. The van der Waals surface area contributed by atoms with E-state index in [4.69, 9.17) is 4.74 Å². The lowest BCUT2D eigenvalue weighted by atomic mass is 10.2. The number of nitrogens with one attached hydrogen (secondary N) is 1. The Labute approximate surface area is 178 Å². The largest absolute Gasteiger partial charge is 0.379 e. The van der Waals surface area contributed by atoms with E-state index in [1.165, 1.54) is 39.9 Å². The van der Waals surface area contributed by atoms with Crippen LogP contribution in [0.1, 0.15) is 9.67 Å². The van der Waals surface area contributed by atoms with Crippen LogP contribution in [0.4, 0.5) is 10.1 Å². The van der Waals surface area contributed by atoms with Crippen LogP contribution in [0.2, 0.25) is 0 Å². The lowest BCUT2D eigenvalue weighted by Crippen LogP contribution is -2.40. The fraction of sp³-hybridized carbons (Fsp3) is 0.190. The van der Waals surface area contributed by atoms with E-state index < -0.39 is 10.0 Å². The lowest BCUT2D eigenvalue weighted by Gasteiger charge is -2.26. The normalized spacial score (nSPS) is 15.1. The summed E-state index contributed by atoms with van der Waals surface area (Å²) in [5.41, 5.74) is 1.21. The summed E-state index contributed by atoms with van der Waals surface area (Å²) in [5.74, 6) is -0.658. The SMILES string of the molecule is O=C(Nc1cccc(S(=O)(=O)N2CCOCC2)c1)c1ccc(-c2ccc(F)cc2)s1. The third-order valence-electron chi connectivity index (χ3n) is 4.66. The van der Waals surface area contributed by atoms with E-state index in [2.05, 4.69) is 5.32 Å². The van der Waals surface area contributed by atoms with Crippen LogP contribution in [-0.2, 0) is 14.8 Å². The van der Waals surface area contributed by atoms with Crippen molar-refractivity contribution in [3.63, 3.8) is 0 Å². The van der Waals surface area contributed by atoms with Gasteiger partial charge in [-0.2, -0.15) is 4.31 Å². The molecule has 0 bridgehead atoms. The number of nitrogens with zero attached hydrogens (tertiary/aromatic N) is 1. The van der Waals surface area contributed by atoms with Crippen molar-refractivity contribution in [3.8, 4) is 10.4 Å². The van der Waals surface area contributed by atoms with Gasteiger partial charge in [-0.05, 0) is 48.0 Å². The molecule has 0 saturated carbocycles. The molecule has 3 aromatic rings. The minimum absolute atomic E-state index is 0.125. The van der Waals surface area contributed by atoms with Crippen molar-refractivity contribution in [1.29, 1.82) is 0 Å². The molecular formula is C21H19FN2O4S2. The van der Waals surface area contributed by atoms with Gasteiger partial charge < -0.3 is 10.1 Å². The average Bonchev–Trinajstić information content (AvgIpc) is 3.25. The molecule has 2 aromatic carbocycles. The molecule has 1 fully saturated rings. The van der Waals surface area contributed by atoms with Crippen molar-refractivity contribution in [3.05, 3.63) is 71.4 Å². The van der Waals surface area contributed by atoms with Crippen molar-refractivity contribution >= 4 is 33.0 Å². The monoisotopic (exact) mass is 446 g/mol. The topological polar surface area (TPSA) is 75.7 Å². The molecule has 156 valence electrons. The summed E-state index contributed by atoms with van der Waals surface area (Å²) in [6, 6.07) is 15.7. The fourth-order valence-corrected chi connectivity index (χ4v) is 5.45. The van der Waals surface area contributed by atoms with Crippen molar-refractivity contribution in [2.24, 2.45) is 0 Å². The number of morpholine rings is 1. The number of benzene rings is 2. The maximum atomic E-state index is 13.1. The lowest BCUT2D eigenvalue weighted by molar-refractivity contribution is 0.0730. The Kier molecular flexibility index (Phi) is 5.96. The third kappa shape index (κ3) is 4.44. The quantitative estimate of drug-likeness (QED) is 0.646. The van der Waals surface area contributed by atoms with Gasteiger partial charge in [-0.1, -0.05) is 18.2 Å². The van der Waals surface area contributed by atoms with Crippen LogP contribution >= 0.6 is 11.3 Å². The van der Waals surface area contributed by atoms with Gasteiger partial charge >= 0.3 is 0 Å². The third-order valence-corrected chi connectivity index (χ3v) is 7.69. The molecule has 1 aromatic heterocycles. The summed E-state index contributed by atoms with van der Waals surface area (Å²) >= 11 is 1.28. The minimum Gasteiger partial charge on any atom is -0.379 e. The molecule has 4 rings (SSSR count). The Hall–Kier alpha value is -2.59. The zero-order valence-electron chi connectivity index (χ0n) is 15.9. The highest BCUT2D eigenvalue weighted by molar-refractivity contribution is 7.89. The minimum atomic E-state index is -3.65. The van der Waals surface area contributed by atoms with Crippen LogP contribution < -0.4 is 5.32 Å². The van der Waals surface area contributed by atoms with Gasteiger partial charge in [-0.3, -0.25) is 4.79 Å². The van der Waals surface area contributed by atoms with E-state index in [0.29, 0.717) is 36.9 Å². The summed E-state index contributed by atoms with van der Waals surface area (Å²) in [6.07, 6.45) is 0. The summed E-state index contributed by atoms with van der Waals surface area (Å²) in [5, 5.41) is 2.75. The number of rotatable bonds is 5. The van der Waals surface area contributed by atoms with Crippen LogP contribution in [0, 0.1) is 5.82 Å². The smallest absolute Gasteiger partial charge is 0.265 e. The molecule has 0 atom stereocenters. The molecular weight excluding hydrogens is 427 g/mol. The summed E-state index contributed by atoms with van der Waals surface area (Å²) < 4.78 is 45.3. The Morgan fingerprint density at radius 2 is 1.77 bits per heavy atom. The van der Waals surface area contributed by atoms with E-state index in [9.17, 15) is 17.6 Å². The number of sulfonamides is 1. The molecule has 9 heteroatoms. The Morgan fingerprint density at radius 3 is 2.50 bits per heavy atom. The molecule has 0 radical (unpaired) electrons. The number of hydrogen-bond donors (Lipinski definition) is 1. The molecule has 0 unspecified atom stereocenters. The molecule has 6 nitrogen and oxygen atoms in total. The summed E-state index contributed by atoms with van der Waals surface area (Å²) in [4.78, 5) is 14.1. The molecule has 1 aliphatic heterocycles. The second-order valence-electron chi connectivity index (χ2n) is 6.67. The molecule has 1 amide bonds. The number of hydrogen-bond acceptors (Lipinski definition) is 5. The first-order chi connectivity index (χ1) is 14.4. The molecule has 1 saturated heterocycles. The van der Waals surface area contributed by atoms with Crippen LogP contribution in [0.15, 0.2) is 65.6 Å². The van der Waals surface area contributed by atoms with Gasteiger partial charge in [0.1, 0.15) is 5.82 Å². The van der Waals surface area contributed by atoms with Gasteiger partial charge in [0, 0.05) is 23.7 Å². The van der Waals surface area contributed by atoms with E-state index in [1.54, 1.807) is 36.4 Å². The molecule has 30 heavy (non-hydrogen) atoms. The van der Waals surface area contributed by atoms with E-state index in [-0.39, 0.29) is 16.6 Å². The number of anilines is 1. The van der Waals surface area contributed by atoms with Crippen LogP contribution in [0.3, 0.4) is 0 Å². The Bertz CT molecular complexity index is 1150. The van der Waals surface area contributed by atoms with Gasteiger partial charge in [-0.25, -0.2) is 12.8 Å². The summed E-state index contributed by atoms with van der Waals surface area (Å²) in [7, 11) is -3.65. The highest BCUT2D eigenvalue weighted by atomic mass is 32.2. The number of carbonyl (C=O) groups is 1. The fourth-order valence-electron chi connectivity index (χ4n) is 3.09. The zero-order chi connectivity index (χ0) is 21.1. The zero-order valence-corrected chi connectivity index (χ0v) is 17.5. The van der Waals surface area contributed by atoms with Crippen molar-refractivity contribution in [2.45, 2.75) is 4.90 Å². The van der Waals surface area contributed by atoms with Gasteiger partial charge in [0.25, 0.3) is 5.91 Å². The number of amides is 1. The van der Waals surface area contributed by atoms with Gasteiger partial charge in [0.15, 0.2) is 0 Å². The number of ether oxygens (including phenoxy) is 1. The molecule has 0 spiro atoms. The Morgan fingerprint density at radius 1 is 1.03 bits per heavy atom. The highest BCUT2D eigenvalue weighted by Gasteiger charge is 2.26.